The van der Waals surface area contributed by atoms with E-state index in [4.69, 9.17) is 4.98 Å². The van der Waals surface area contributed by atoms with Gasteiger partial charge < -0.3 is 0 Å². The van der Waals surface area contributed by atoms with Crippen LogP contribution in [-0.2, 0) is 5.41 Å². The van der Waals surface area contributed by atoms with Gasteiger partial charge in [0.2, 0.25) is 0 Å². The second-order valence-corrected chi connectivity index (χ2v) is 13.0. The summed E-state index contributed by atoms with van der Waals surface area (Å²) in [5.41, 5.74) is 17.1. The third-order valence-electron chi connectivity index (χ3n) is 10.2. The number of benzene rings is 6. The van der Waals surface area contributed by atoms with Gasteiger partial charge in [-0.1, -0.05) is 111 Å². The van der Waals surface area contributed by atoms with Gasteiger partial charge >= 0.3 is 0 Å². The number of imidazole rings is 1. The van der Waals surface area contributed by atoms with Crippen molar-refractivity contribution in [2.24, 2.45) is 0 Å². The molecule has 0 fully saturated rings. The van der Waals surface area contributed by atoms with Crippen LogP contribution in [0, 0.1) is 0 Å². The number of hydrogen-bond donors (Lipinski definition) is 0. The Kier molecular flexibility index (Phi) is 5.06. The van der Waals surface area contributed by atoms with Crippen LogP contribution in [-0.4, -0.2) is 14.5 Å². The van der Waals surface area contributed by atoms with Crippen molar-refractivity contribution in [2.75, 3.05) is 0 Å². The van der Waals surface area contributed by atoms with Crippen molar-refractivity contribution < 1.29 is 0 Å². The Bertz CT molecular complexity index is 2540. The number of pyridine rings is 1. The van der Waals surface area contributed by atoms with Gasteiger partial charge in [0, 0.05) is 22.9 Å². The fourth-order valence-corrected chi connectivity index (χ4v) is 8.02. The first kappa shape index (κ1) is 25.5. The van der Waals surface area contributed by atoms with Gasteiger partial charge in [-0.2, -0.15) is 0 Å². The van der Waals surface area contributed by atoms with E-state index in [0.717, 1.165) is 28.2 Å². The van der Waals surface area contributed by atoms with Gasteiger partial charge in [0.05, 0.1) is 5.52 Å². The van der Waals surface area contributed by atoms with Crippen molar-refractivity contribution in [2.45, 2.75) is 19.3 Å². The summed E-state index contributed by atoms with van der Waals surface area (Å²) in [5.74, 6) is 0.891. The molecule has 0 atom stereocenters. The van der Waals surface area contributed by atoms with Crippen molar-refractivity contribution in [3.8, 4) is 61.6 Å². The Morgan fingerprint density at radius 3 is 2.09 bits per heavy atom. The number of hydrogen-bond acceptors (Lipinski definition) is 2. The lowest BCUT2D eigenvalue weighted by molar-refractivity contribution is 0.661. The summed E-state index contributed by atoms with van der Waals surface area (Å²) in [6.07, 6.45) is 1.80. The maximum atomic E-state index is 4.96. The van der Waals surface area contributed by atoms with E-state index in [2.05, 4.69) is 145 Å². The van der Waals surface area contributed by atoms with Crippen LogP contribution in [0.1, 0.15) is 25.0 Å². The highest BCUT2D eigenvalue weighted by molar-refractivity contribution is 6.20. The molecule has 8 aromatic rings. The third-order valence-corrected chi connectivity index (χ3v) is 10.2. The summed E-state index contributed by atoms with van der Waals surface area (Å²) in [4.78, 5) is 9.51. The van der Waals surface area contributed by atoms with Gasteiger partial charge in [-0.05, 0) is 103 Å². The van der Waals surface area contributed by atoms with Gasteiger partial charge in [0.15, 0.2) is 5.65 Å². The van der Waals surface area contributed by atoms with Crippen molar-refractivity contribution in [3.63, 3.8) is 0 Å². The molecule has 10 rings (SSSR count). The molecular weight excluding hydrogens is 558 g/mol. The number of para-hydroxylation sites is 1. The number of rotatable bonds is 3. The minimum absolute atomic E-state index is 0.119. The maximum absolute atomic E-state index is 4.96. The maximum Gasteiger partial charge on any atom is 0.178 e. The molecule has 2 aliphatic carbocycles. The fourth-order valence-electron chi connectivity index (χ4n) is 8.02. The van der Waals surface area contributed by atoms with Crippen LogP contribution in [0.15, 0.2) is 140 Å². The normalized spacial score (nSPS) is 13.6. The van der Waals surface area contributed by atoms with E-state index in [9.17, 15) is 0 Å². The smallest absolute Gasteiger partial charge is 0.178 e. The second-order valence-electron chi connectivity index (χ2n) is 13.0. The molecule has 0 saturated carbocycles. The van der Waals surface area contributed by atoms with Crippen LogP contribution in [0.4, 0.5) is 0 Å². The van der Waals surface area contributed by atoms with E-state index in [0.29, 0.717) is 0 Å². The third kappa shape index (κ3) is 3.37. The molecule has 46 heavy (non-hydrogen) atoms. The van der Waals surface area contributed by atoms with Crippen LogP contribution in [0.25, 0.3) is 83.5 Å². The Labute approximate surface area is 267 Å². The summed E-state index contributed by atoms with van der Waals surface area (Å²) in [6.45, 7) is 4.77. The lowest BCUT2D eigenvalue weighted by atomic mass is 9.80. The Balaban J connectivity index is 1.08. The first-order valence-corrected chi connectivity index (χ1v) is 15.9. The minimum Gasteiger partial charge on any atom is -0.291 e. The zero-order chi connectivity index (χ0) is 30.6. The standard InChI is InChI=1S/C43H29N3/c1-43(2)36-24-28(21-22-33(36)40-34-15-8-14-32-30-12-6-7-13-31(30)35(39(32)34)25-37(40)43)26-17-19-27(20-18-26)42-45-41-38(16-9-23-44-41)46(42)29-10-4-3-5-11-29/h3-25H,1-2H3. The molecule has 2 heterocycles. The quantitative estimate of drug-likeness (QED) is 0.206. The first-order chi connectivity index (χ1) is 22.6. The lowest BCUT2D eigenvalue weighted by Crippen LogP contribution is -2.15. The molecule has 3 nitrogen and oxygen atoms in total. The molecule has 2 aromatic heterocycles. The zero-order valence-electron chi connectivity index (χ0n) is 25.6. The van der Waals surface area contributed by atoms with Gasteiger partial charge in [0.1, 0.15) is 5.82 Å². The molecule has 6 aromatic carbocycles. The monoisotopic (exact) mass is 587 g/mol. The van der Waals surface area contributed by atoms with E-state index < -0.39 is 0 Å². The molecule has 0 amide bonds. The van der Waals surface area contributed by atoms with E-state index in [1.807, 2.05) is 12.1 Å². The highest BCUT2D eigenvalue weighted by atomic mass is 15.1. The molecule has 2 aliphatic rings. The summed E-state index contributed by atoms with van der Waals surface area (Å²) in [5, 5.41) is 2.75. The molecule has 0 aliphatic heterocycles. The SMILES string of the molecule is CC1(C)c2cc(-c3ccc(-c4nc5ncccc5n4-c4ccccc4)cc3)ccc2-c2c1cc1c3c(cccc23)-c2ccccc2-1. The van der Waals surface area contributed by atoms with Crippen LogP contribution >= 0.6 is 0 Å². The summed E-state index contributed by atoms with van der Waals surface area (Å²) in [6, 6.07) is 48.5. The first-order valence-electron chi connectivity index (χ1n) is 15.9. The van der Waals surface area contributed by atoms with Gasteiger partial charge in [-0.3, -0.25) is 4.57 Å². The highest BCUT2D eigenvalue weighted by Crippen LogP contribution is 2.57. The molecule has 0 N–H and O–H groups in total. The van der Waals surface area contributed by atoms with Crippen LogP contribution in [0.3, 0.4) is 0 Å². The molecule has 3 heteroatoms. The Morgan fingerprint density at radius 1 is 0.543 bits per heavy atom. The van der Waals surface area contributed by atoms with Gasteiger partial charge in [-0.25, -0.2) is 9.97 Å². The molecule has 216 valence electrons. The average molecular weight is 588 g/mol. The minimum atomic E-state index is -0.119. The molecular formula is C43H29N3. The van der Waals surface area contributed by atoms with Gasteiger partial charge in [0.25, 0.3) is 0 Å². The van der Waals surface area contributed by atoms with Crippen molar-refractivity contribution in [3.05, 3.63) is 151 Å². The number of fused-ring (bicyclic) bond motifs is 8. The molecule has 0 bridgehead atoms. The Hall–Kier alpha value is -5.80. The molecule has 0 spiro atoms. The summed E-state index contributed by atoms with van der Waals surface area (Å²) < 4.78 is 2.20. The predicted molar refractivity (Wildman–Crippen MR) is 189 cm³/mol. The topological polar surface area (TPSA) is 30.7 Å². The molecule has 0 radical (unpaired) electrons. The van der Waals surface area contributed by atoms with Crippen LogP contribution < -0.4 is 0 Å². The van der Waals surface area contributed by atoms with Crippen LogP contribution in [0.5, 0.6) is 0 Å². The highest BCUT2D eigenvalue weighted by Gasteiger charge is 2.39. The fraction of sp³-hybridized carbons (Fsp3) is 0.0698. The van der Waals surface area contributed by atoms with E-state index in [-0.39, 0.29) is 5.41 Å². The molecule has 0 unspecified atom stereocenters. The number of aromatic nitrogens is 3. The summed E-state index contributed by atoms with van der Waals surface area (Å²) >= 11 is 0. The Morgan fingerprint density at radius 2 is 1.26 bits per heavy atom. The van der Waals surface area contributed by atoms with E-state index >= 15 is 0 Å². The number of nitrogens with zero attached hydrogens (tertiary/aromatic N) is 3. The van der Waals surface area contributed by atoms with E-state index in [1.165, 1.54) is 66.4 Å². The average Bonchev–Trinajstić information content (AvgIpc) is 3.73. The zero-order valence-corrected chi connectivity index (χ0v) is 25.6. The second kappa shape index (κ2) is 9.12. The predicted octanol–water partition coefficient (Wildman–Crippen LogP) is 10.9. The van der Waals surface area contributed by atoms with Crippen molar-refractivity contribution in [1.82, 2.24) is 14.5 Å². The van der Waals surface area contributed by atoms with Gasteiger partial charge in [-0.15, -0.1) is 0 Å². The van der Waals surface area contributed by atoms with Crippen molar-refractivity contribution >= 4 is 21.9 Å². The largest absolute Gasteiger partial charge is 0.291 e. The molecule has 0 saturated heterocycles. The lowest BCUT2D eigenvalue weighted by Gasteiger charge is -2.23. The van der Waals surface area contributed by atoms with E-state index in [1.54, 1.807) is 6.20 Å². The summed E-state index contributed by atoms with van der Waals surface area (Å²) in [7, 11) is 0. The van der Waals surface area contributed by atoms with Crippen LogP contribution in [0.2, 0.25) is 0 Å². The van der Waals surface area contributed by atoms with Crippen molar-refractivity contribution in [1.29, 1.82) is 0 Å².